The van der Waals surface area contributed by atoms with E-state index in [1.54, 1.807) is 0 Å². The molecule has 0 radical (unpaired) electrons. The Labute approximate surface area is 194 Å². The predicted molar refractivity (Wildman–Crippen MR) is 131 cm³/mol. The van der Waals surface area contributed by atoms with Gasteiger partial charge < -0.3 is 24.7 Å². The number of anilines is 2. The summed E-state index contributed by atoms with van der Waals surface area (Å²) in [6, 6.07) is 13.8. The average molecular weight is 449 g/mol. The Bertz CT molecular complexity index is 1130. The number of furan rings is 1. The van der Waals surface area contributed by atoms with Crippen LogP contribution in [0.1, 0.15) is 30.4 Å². The summed E-state index contributed by atoms with van der Waals surface area (Å²) in [4.78, 5) is 16.4. The Morgan fingerprint density at radius 2 is 1.94 bits per heavy atom. The molecule has 0 unspecified atom stereocenters. The molecular weight excluding hydrogens is 416 g/mol. The highest BCUT2D eigenvalue weighted by Gasteiger charge is 2.22. The number of nitrogens with one attached hydrogen (secondary N) is 1. The first-order chi connectivity index (χ1) is 16.2. The van der Waals surface area contributed by atoms with Crippen LogP contribution in [0.2, 0.25) is 0 Å². The first kappa shape index (κ1) is 21.6. The molecule has 2 aliphatic rings. The van der Waals surface area contributed by atoms with Crippen LogP contribution in [0.25, 0.3) is 11.0 Å². The molecule has 7 heteroatoms. The lowest BCUT2D eigenvalue weighted by atomic mass is 10.1. The highest BCUT2D eigenvalue weighted by molar-refractivity contribution is 5.93. The zero-order valence-corrected chi connectivity index (χ0v) is 19.0. The highest BCUT2D eigenvalue weighted by Crippen LogP contribution is 2.36. The van der Waals surface area contributed by atoms with Crippen LogP contribution >= 0.6 is 0 Å². The molecule has 2 aromatic carbocycles. The van der Waals surface area contributed by atoms with Crippen molar-refractivity contribution in [2.45, 2.75) is 32.1 Å². The van der Waals surface area contributed by atoms with Crippen molar-refractivity contribution in [2.75, 3.05) is 49.5 Å². The SMILES string of the molecule is NC(=O)Nc1oc2ccccc2c1CCCCN1CCCN(c2cccc3c2OCC3)CC1. The standard InChI is InChI=1S/C26H32N4O3/c27-26(31)28-25-21(20-8-1-2-11-23(20)33-25)9-3-4-13-29-14-6-15-30(17-16-29)22-10-5-7-19-12-18-32-24(19)22/h1-2,5,7-8,10-11H,3-4,6,9,12-18H2,(H3,27,28,31). The second kappa shape index (κ2) is 9.75. The van der Waals surface area contributed by atoms with Gasteiger partial charge in [0.1, 0.15) is 11.3 Å². The molecule has 1 saturated heterocycles. The number of ether oxygens (including phenoxy) is 1. The Hall–Kier alpha value is -3.19. The van der Waals surface area contributed by atoms with E-state index in [1.807, 2.05) is 24.3 Å². The molecule has 0 spiro atoms. The number of nitrogens with two attached hydrogens (primary N) is 1. The molecule has 5 rings (SSSR count). The summed E-state index contributed by atoms with van der Waals surface area (Å²) in [6.45, 7) is 6.15. The molecule has 0 aliphatic carbocycles. The van der Waals surface area contributed by atoms with E-state index < -0.39 is 6.03 Å². The van der Waals surface area contributed by atoms with E-state index in [9.17, 15) is 4.79 Å². The molecule has 2 amide bonds. The van der Waals surface area contributed by atoms with Crippen LogP contribution in [-0.4, -0.2) is 50.3 Å². The fourth-order valence-electron chi connectivity index (χ4n) is 5.08. The van der Waals surface area contributed by atoms with Crippen molar-refractivity contribution in [3.05, 3.63) is 53.6 Å². The summed E-state index contributed by atoms with van der Waals surface area (Å²) >= 11 is 0. The van der Waals surface area contributed by atoms with Crippen LogP contribution in [0.4, 0.5) is 16.4 Å². The van der Waals surface area contributed by atoms with Gasteiger partial charge in [-0.3, -0.25) is 5.32 Å². The molecule has 33 heavy (non-hydrogen) atoms. The lowest BCUT2D eigenvalue weighted by molar-refractivity contribution is 0.259. The Balaban J connectivity index is 1.15. The largest absolute Gasteiger partial charge is 0.491 e. The summed E-state index contributed by atoms with van der Waals surface area (Å²) in [5, 5.41) is 3.69. The summed E-state index contributed by atoms with van der Waals surface area (Å²) < 4.78 is 11.8. The van der Waals surface area contributed by atoms with E-state index in [0.717, 1.165) is 93.7 Å². The topological polar surface area (TPSA) is 84.0 Å². The average Bonchev–Trinajstić information content (AvgIpc) is 3.34. The Morgan fingerprint density at radius 3 is 2.85 bits per heavy atom. The van der Waals surface area contributed by atoms with Crippen LogP contribution in [0.15, 0.2) is 46.9 Å². The summed E-state index contributed by atoms with van der Waals surface area (Å²) in [6.07, 6.45) is 5.14. The summed E-state index contributed by atoms with van der Waals surface area (Å²) in [5.74, 6) is 1.57. The Kier molecular flexibility index (Phi) is 6.39. The fourth-order valence-corrected chi connectivity index (χ4v) is 5.08. The highest BCUT2D eigenvalue weighted by atomic mass is 16.5. The second-order valence-corrected chi connectivity index (χ2v) is 8.90. The third kappa shape index (κ3) is 4.78. The number of fused-ring (bicyclic) bond motifs is 2. The van der Waals surface area contributed by atoms with Crippen LogP contribution < -0.4 is 20.7 Å². The number of carbonyl (C=O) groups excluding carboxylic acids is 1. The quantitative estimate of drug-likeness (QED) is 0.524. The van der Waals surface area contributed by atoms with Gasteiger partial charge in [0.15, 0.2) is 0 Å². The number of hydrogen-bond donors (Lipinski definition) is 2. The zero-order chi connectivity index (χ0) is 22.6. The van der Waals surface area contributed by atoms with E-state index in [0.29, 0.717) is 5.88 Å². The smallest absolute Gasteiger partial charge is 0.318 e. The van der Waals surface area contributed by atoms with Crippen LogP contribution in [0.5, 0.6) is 5.75 Å². The maximum Gasteiger partial charge on any atom is 0.318 e. The zero-order valence-electron chi connectivity index (χ0n) is 19.0. The third-order valence-electron chi connectivity index (χ3n) is 6.71. The minimum absolute atomic E-state index is 0.478. The van der Waals surface area contributed by atoms with Gasteiger partial charge in [-0.2, -0.15) is 0 Å². The number of carbonyl (C=O) groups is 1. The number of benzene rings is 2. The number of nitrogens with zero attached hydrogens (tertiary/aromatic N) is 2. The van der Waals surface area contributed by atoms with E-state index >= 15 is 0 Å². The van der Waals surface area contributed by atoms with Gasteiger partial charge in [-0.15, -0.1) is 0 Å². The van der Waals surface area contributed by atoms with E-state index in [1.165, 1.54) is 11.3 Å². The van der Waals surface area contributed by atoms with Gasteiger partial charge in [-0.05, 0) is 56.5 Å². The molecule has 1 aromatic heterocycles. The van der Waals surface area contributed by atoms with E-state index in [2.05, 4.69) is 33.3 Å². The molecule has 3 aromatic rings. The number of rotatable bonds is 7. The van der Waals surface area contributed by atoms with Crippen LogP contribution in [0.3, 0.4) is 0 Å². The van der Waals surface area contributed by atoms with Crippen LogP contribution in [0, 0.1) is 0 Å². The molecule has 0 saturated carbocycles. The molecule has 3 heterocycles. The first-order valence-corrected chi connectivity index (χ1v) is 12.0. The predicted octanol–water partition coefficient (Wildman–Crippen LogP) is 4.39. The molecule has 2 aliphatic heterocycles. The molecule has 0 bridgehead atoms. The monoisotopic (exact) mass is 448 g/mol. The molecule has 0 atom stereocenters. The molecule has 1 fully saturated rings. The third-order valence-corrected chi connectivity index (χ3v) is 6.71. The molecule has 174 valence electrons. The van der Waals surface area contributed by atoms with E-state index in [4.69, 9.17) is 14.9 Å². The van der Waals surface area contributed by atoms with Gasteiger partial charge in [-0.25, -0.2) is 4.79 Å². The van der Waals surface area contributed by atoms with Gasteiger partial charge in [-0.1, -0.05) is 30.3 Å². The van der Waals surface area contributed by atoms with Gasteiger partial charge in [0.05, 0.1) is 12.3 Å². The van der Waals surface area contributed by atoms with Crippen molar-refractivity contribution in [3.63, 3.8) is 0 Å². The minimum Gasteiger partial charge on any atom is -0.491 e. The lowest BCUT2D eigenvalue weighted by Crippen LogP contribution is -2.31. The van der Waals surface area contributed by atoms with Crippen molar-refractivity contribution in [3.8, 4) is 5.75 Å². The minimum atomic E-state index is -0.598. The first-order valence-electron chi connectivity index (χ1n) is 12.0. The number of primary amides is 1. The molecule has 7 nitrogen and oxygen atoms in total. The van der Waals surface area contributed by atoms with E-state index in [-0.39, 0.29) is 0 Å². The Morgan fingerprint density at radius 1 is 1.03 bits per heavy atom. The van der Waals surface area contributed by atoms with Gasteiger partial charge >= 0.3 is 6.03 Å². The number of urea groups is 1. The van der Waals surface area contributed by atoms with Crippen molar-refractivity contribution in [1.29, 1.82) is 0 Å². The number of amides is 2. The maximum absolute atomic E-state index is 11.4. The number of para-hydroxylation sites is 2. The molecular formula is C26H32N4O3. The van der Waals surface area contributed by atoms with Gasteiger partial charge in [0, 0.05) is 37.0 Å². The van der Waals surface area contributed by atoms with Crippen LogP contribution in [-0.2, 0) is 12.8 Å². The maximum atomic E-state index is 11.4. The molecule has 3 N–H and O–H groups in total. The van der Waals surface area contributed by atoms with Crippen molar-refractivity contribution >= 4 is 28.6 Å². The summed E-state index contributed by atoms with van der Waals surface area (Å²) in [7, 11) is 0. The van der Waals surface area contributed by atoms with Crippen molar-refractivity contribution in [1.82, 2.24) is 4.90 Å². The number of aryl methyl sites for hydroxylation is 1. The van der Waals surface area contributed by atoms with Gasteiger partial charge in [0.2, 0.25) is 5.88 Å². The normalized spacial score (nSPS) is 16.4. The fraction of sp³-hybridized carbons (Fsp3) is 0.423. The number of unbranched alkanes of at least 4 members (excludes halogenated alkanes) is 1. The van der Waals surface area contributed by atoms with Crippen molar-refractivity contribution < 1.29 is 13.9 Å². The lowest BCUT2D eigenvalue weighted by Gasteiger charge is -2.25. The number of hydrogen-bond acceptors (Lipinski definition) is 5. The second-order valence-electron chi connectivity index (χ2n) is 8.90. The van der Waals surface area contributed by atoms with Gasteiger partial charge in [0.25, 0.3) is 0 Å². The summed E-state index contributed by atoms with van der Waals surface area (Å²) in [5.41, 5.74) is 9.74. The van der Waals surface area contributed by atoms with Crippen molar-refractivity contribution in [2.24, 2.45) is 5.73 Å².